The summed E-state index contributed by atoms with van der Waals surface area (Å²) in [6.45, 7) is 2.01. The van der Waals surface area contributed by atoms with E-state index in [2.05, 4.69) is 34.8 Å². The van der Waals surface area contributed by atoms with E-state index in [0.717, 1.165) is 16.8 Å². The van der Waals surface area contributed by atoms with E-state index < -0.39 is 6.03 Å². The fourth-order valence-corrected chi connectivity index (χ4v) is 2.34. The molecule has 0 radical (unpaired) electrons. The molecule has 0 aromatic heterocycles. The van der Waals surface area contributed by atoms with Gasteiger partial charge in [-0.1, -0.05) is 67.6 Å². The Balaban J connectivity index is 2.45. The highest BCUT2D eigenvalue weighted by Gasteiger charge is 2.19. The second kappa shape index (κ2) is 7.24. The third-order valence-electron chi connectivity index (χ3n) is 3.27. The van der Waals surface area contributed by atoms with Crippen molar-refractivity contribution in [1.82, 2.24) is 5.43 Å². The Morgan fingerprint density at radius 2 is 1.52 bits per heavy atom. The molecule has 0 atom stereocenters. The van der Waals surface area contributed by atoms with Gasteiger partial charge in [0.25, 0.3) is 0 Å². The minimum atomic E-state index is -0.652. The standard InChI is InChI=1S/C17H19N3O/c1-2-15(19-20-17(18)21)16(13-9-5-3-6-10-13)14-11-7-4-8-12-14/h3-12,16H,2H2,1H3,(H3,18,20,21)/b19-15-. The topological polar surface area (TPSA) is 67.5 Å². The molecule has 0 fully saturated rings. The molecule has 0 bridgehead atoms. The van der Waals surface area contributed by atoms with E-state index in [-0.39, 0.29) is 5.92 Å². The number of carbonyl (C=O) groups is 1. The monoisotopic (exact) mass is 281 g/mol. The quantitative estimate of drug-likeness (QED) is 0.641. The van der Waals surface area contributed by atoms with Crippen molar-refractivity contribution in [1.29, 1.82) is 0 Å². The number of rotatable bonds is 5. The maximum atomic E-state index is 10.9. The number of benzene rings is 2. The number of amides is 2. The van der Waals surface area contributed by atoms with Crippen LogP contribution in [0.3, 0.4) is 0 Å². The number of hydrazone groups is 1. The average molecular weight is 281 g/mol. The molecule has 2 aromatic carbocycles. The van der Waals surface area contributed by atoms with E-state index in [4.69, 9.17) is 5.73 Å². The Kier molecular flexibility index (Phi) is 5.10. The Morgan fingerprint density at radius 1 is 1.05 bits per heavy atom. The van der Waals surface area contributed by atoms with E-state index in [1.807, 2.05) is 43.3 Å². The molecule has 21 heavy (non-hydrogen) atoms. The van der Waals surface area contributed by atoms with Crippen molar-refractivity contribution in [3.8, 4) is 0 Å². The lowest BCUT2D eigenvalue weighted by atomic mass is 9.86. The van der Waals surface area contributed by atoms with Gasteiger partial charge in [-0.3, -0.25) is 0 Å². The van der Waals surface area contributed by atoms with Crippen molar-refractivity contribution in [2.24, 2.45) is 10.8 Å². The average Bonchev–Trinajstić information content (AvgIpc) is 2.53. The summed E-state index contributed by atoms with van der Waals surface area (Å²) in [5.41, 5.74) is 10.6. The van der Waals surface area contributed by atoms with E-state index in [9.17, 15) is 4.79 Å². The smallest absolute Gasteiger partial charge is 0.332 e. The number of hydrogen-bond acceptors (Lipinski definition) is 2. The highest BCUT2D eigenvalue weighted by atomic mass is 16.2. The van der Waals surface area contributed by atoms with Crippen LogP contribution in [0.25, 0.3) is 0 Å². The van der Waals surface area contributed by atoms with Crippen LogP contribution in [0.2, 0.25) is 0 Å². The molecule has 2 rings (SSSR count). The Bertz CT molecular complexity index is 569. The van der Waals surface area contributed by atoms with Crippen LogP contribution in [-0.2, 0) is 0 Å². The van der Waals surface area contributed by atoms with Gasteiger partial charge in [0.1, 0.15) is 0 Å². The molecule has 0 heterocycles. The van der Waals surface area contributed by atoms with E-state index in [1.165, 1.54) is 0 Å². The summed E-state index contributed by atoms with van der Waals surface area (Å²) in [6, 6.07) is 19.6. The molecule has 4 nitrogen and oxygen atoms in total. The molecular weight excluding hydrogens is 262 g/mol. The number of hydrogen-bond donors (Lipinski definition) is 2. The number of nitrogens with two attached hydrogens (primary N) is 1. The van der Waals surface area contributed by atoms with Crippen LogP contribution < -0.4 is 11.2 Å². The Morgan fingerprint density at radius 3 is 1.90 bits per heavy atom. The van der Waals surface area contributed by atoms with E-state index in [1.54, 1.807) is 0 Å². The molecule has 2 amide bonds. The van der Waals surface area contributed by atoms with Crippen molar-refractivity contribution >= 4 is 11.7 Å². The van der Waals surface area contributed by atoms with Gasteiger partial charge in [0.15, 0.2) is 0 Å². The van der Waals surface area contributed by atoms with Crippen LogP contribution in [0.4, 0.5) is 4.79 Å². The molecule has 0 spiro atoms. The summed E-state index contributed by atoms with van der Waals surface area (Å²) in [4.78, 5) is 10.9. The van der Waals surface area contributed by atoms with Crippen LogP contribution >= 0.6 is 0 Å². The number of nitrogens with one attached hydrogen (secondary N) is 1. The van der Waals surface area contributed by atoms with Gasteiger partial charge in [-0.25, -0.2) is 10.2 Å². The van der Waals surface area contributed by atoms with Crippen molar-refractivity contribution < 1.29 is 4.79 Å². The molecule has 0 saturated carbocycles. The predicted molar refractivity (Wildman–Crippen MR) is 85.2 cm³/mol. The number of carbonyl (C=O) groups excluding carboxylic acids is 1. The van der Waals surface area contributed by atoms with Crippen molar-refractivity contribution in [2.75, 3.05) is 0 Å². The molecule has 0 aliphatic heterocycles. The molecular formula is C17H19N3O. The highest BCUT2D eigenvalue weighted by Crippen LogP contribution is 2.27. The molecule has 108 valence electrons. The second-order valence-electron chi connectivity index (χ2n) is 4.69. The summed E-state index contributed by atoms with van der Waals surface area (Å²) in [5.74, 6) is 0.00394. The molecule has 4 heteroatoms. The second-order valence-corrected chi connectivity index (χ2v) is 4.69. The van der Waals surface area contributed by atoms with Crippen LogP contribution in [0.1, 0.15) is 30.4 Å². The fraction of sp³-hybridized carbons (Fsp3) is 0.176. The van der Waals surface area contributed by atoms with Gasteiger partial charge < -0.3 is 5.73 Å². The van der Waals surface area contributed by atoms with Crippen LogP contribution in [-0.4, -0.2) is 11.7 Å². The maximum Gasteiger partial charge on any atom is 0.332 e. The van der Waals surface area contributed by atoms with Gasteiger partial charge in [-0.15, -0.1) is 0 Å². The van der Waals surface area contributed by atoms with Crippen molar-refractivity contribution in [3.63, 3.8) is 0 Å². The zero-order chi connectivity index (χ0) is 15.1. The number of primary amides is 1. The largest absolute Gasteiger partial charge is 0.350 e. The third-order valence-corrected chi connectivity index (χ3v) is 3.27. The van der Waals surface area contributed by atoms with Crippen LogP contribution in [0, 0.1) is 0 Å². The predicted octanol–water partition coefficient (Wildman–Crippen LogP) is 3.25. The molecule has 3 N–H and O–H groups in total. The van der Waals surface area contributed by atoms with Gasteiger partial charge >= 0.3 is 6.03 Å². The van der Waals surface area contributed by atoms with Crippen LogP contribution in [0.5, 0.6) is 0 Å². The lowest BCUT2D eigenvalue weighted by Crippen LogP contribution is -2.27. The normalized spacial score (nSPS) is 11.4. The van der Waals surface area contributed by atoms with E-state index in [0.29, 0.717) is 6.42 Å². The lowest BCUT2D eigenvalue weighted by Gasteiger charge is -2.19. The zero-order valence-corrected chi connectivity index (χ0v) is 12.0. The summed E-state index contributed by atoms with van der Waals surface area (Å²) in [7, 11) is 0. The zero-order valence-electron chi connectivity index (χ0n) is 12.0. The van der Waals surface area contributed by atoms with Gasteiger partial charge in [-0.05, 0) is 17.5 Å². The summed E-state index contributed by atoms with van der Waals surface area (Å²) < 4.78 is 0. The summed E-state index contributed by atoms with van der Waals surface area (Å²) in [6.07, 6.45) is 0.717. The third kappa shape index (κ3) is 3.92. The minimum Gasteiger partial charge on any atom is -0.350 e. The Hall–Kier alpha value is -2.62. The highest BCUT2D eigenvalue weighted by molar-refractivity contribution is 5.94. The first kappa shape index (κ1) is 14.8. The summed E-state index contributed by atoms with van der Waals surface area (Å²) >= 11 is 0. The SMILES string of the molecule is CC/C(=N/NC(N)=O)C(c1ccccc1)c1ccccc1. The van der Waals surface area contributed by atoms with E-state index >= 15 is 0 Å². The first-order valence-corrected chi connectivity index (χ1v) is 6.94. The lowest BCUT2D eigenvalue weighted by molar-refractivity contribution is 0.249. The molecule has 0 unspecified atom stereocenters. The van der Waals surface area contributed by atoms with Gasteiger partial charge in [0.2, 0.25) is 0 Å². The number of nitrogens with zero attached hydrogens (tertiary/aromatic N) is 1. The molecule has 0 aliphatic carbocycles. The van der Waals surface area contributed by atoms with Crippen molar-refractivity contribution in [3.05, 3.63) is 71.8 Å². The Labute approximate surface area is 124 Å². The number of urea groups is 1. The van der Waals surface area contributed by atoms with Gasteiger partial charge in [-0.2, -0.15) is 5.10 Å². The van der Waals surface area contributed by atoms with Crippen molar-refractivity contribution in [2.45, 2.75) is 19.3 Å². The van der Waals surface area contributed by atoms with Crippen LogP contribution in [0.15, 0.2) is 65.8 Å². The van der Waals surface area contributed by atoms with Gasteiger partial charge in [0, 0.05) is 11.6 Å². The first-order chi connectivity index (χ1) is 10.2. The summed E-state index contributed by atoms with van der Waals surface area (Å²) in [5, 5.41) is 4.19. The fourth-order valence-electron chi connectivity index (χ4n) is 2.34. The minimum absolute atomic E-state index is 0.00394. The molecule has 2 aromatic rings. The first-order valence-electron chi connectivity index (χ1n) is 6.94. The van der Waals surface area contributed by atoms with Gasteiger partial charge in [0.05, 0.1) is 0 Å². The maximum absolute atomic E-state index is 10.9. The molecule has 0 saturated heterocycles. The molecule has 0 aliphatic rings.